The van der Waals surface area contributed by atoms with E-state index in [-0.39, 0.29) is 5.91 Å². The van der Waals surface area contributed by atoms with Crippen LogP contribution in [0.25, 0.3) is 0 Å². The van der Waals surface area contributed by atoms with Crippen molar-refractivity contribution in [1.29, 1.82) is 0 Å². The zero-order valence-corrected chi connectivity index (χ0v) is 8.18. The third-order valence-electron chi connectivity index (χ3n) is 1.08. The minimum absolute atomic E-state index is 0.0571. The van der Waals surface area contributed by atoms with Crippen LogP contribution < -0.4 is 0 Å². The second-order valence-corrected chi connectivity index (χ2v) is 2.80. The molecule has 0 spiro atoms. The Morgan fingerprint density at radius 2 is 2.33 bits per heavy atom. The highest BCUT2D eigenvalue weighted by molar-refractivity contribution is 14.1. The van der Waals surface area contributed by atoms with Gasteiger partial charge >= 0.3 is 28.0 Å². The van der Waals surface area contributed by atoms with E-state index in [1.807, 2.05) is 0 Å². The van der Waals surface area contributed by atoms with Gasteiger partial charge in [-0.25, -0.2) is 4.79 Å². The molecule has 9 heavy (non-hydrogen) atoms. The maximum Gasteiger partial charge on any atom is 0.401 e. The van der Waals surface area contributed by atoms with Crippen molar-refractivity contribution >= 4 is 51.0 Å². The number of carbonyl (C=O) groups is 1. The van der Waals surface area contributed by atoms with E-state index in [0.29, 0.717) is 18.7 Å². The number of hydrogen-bond acceptors (Lipinski definition) is 2. The molecule has 0 aromatic heterocycles. The molecule has 0 unspecified atom stereocenters. The Balaban J connectivity index is 2.79. The SMILES string of the molecule is O=C1CCC(OI)=[N+]1Br. The number of rotatable bonds is 0. The van der Waals surface area contributed by atoms with E-state index < -0.39 is 0 Å². The van der Waals surface area contributed by atoms with E-state index in [4.69, 9.17) is 3.07 Å². The number of hydrogen-bond donors (Lipinski definition) is 0. The van der Waals surface area contributed by atoms with E-state index in [0.717, 1.165) is 0 Å². The van der Waals surface area contributed by atoms with Crippen molar-refractivity contribution in [2.24, 2.45) is 0 Å². The highest BCUT2D eigenvalue weighted by Gasteiger charge is 2.31. The summed E-state index contributed by atoms with van der Waals surface area (Å²) in [6.07, 6.45) is 1.25. The molecule has 5 heteroatoms. The molecule has 3 nitrogen and oxygen atoms in total. The van der Waals surface area contributed by atoms with Crippen LogP contribution in [0.5, 0.6) is 0 Å². The van der Waals surface area contributed by atoms with E-state index in [1.54, 1.807) is 23.0 Å². The lowest BCUT2D eigenvalue weighted by molar-refractivity contribution is -0.278. The molecule has 50 valence electrons. The first-order chi connectivity index (χ1) is 4.25. The summed E-state index contributed by atoms with van der Waals surface area (Å²) < 4.78 is 6.20. The Morgan fingerprint density at radius 3 is 2.56 bits per heavy atom. The fraction of sp³-hybridized carbons (Fsp3) is 0.500. The molecule has 1 heterocycles. The molecule has 0 aromatic rings. The van der Waals surface area contributed by atoms with Crippen molar-refractivity contribution in [2.45, 2.75) is 12.8 Å². The van der Waals surface area contributed by atoms with Crippen LogP contribution in [0.2, 0.25) is 0 Å². The summed E-state index contributed by atoms with van der Waals surface area (Å²) in [5, 5.41) is 0. The standard InChI is InChI=1S/C4H4BrINO2/c5-7-3(8)1-2-4(7)9-6/h1-2H2/q+1. The third kappa shape index (κ3) is 1.43. The average Bonchev–Trinajstić information content (AvgIpc) is 2.15. The Hall–Kier alpha value is 0.350. The van der Waals surface area contributed by atoms with E-state index in [9.17, 15) is 4.79 Å². The second-order valence-electron chi connectivity index (χ2n) is 1.65. The van der Waals surface area contributed by atoms with Crippen LogP contribution >= 0.6 is 39.2 Å². The van der Waals surface area contributed by atoms with Crippen molar-refractivity contribution in [1.82, 2.24) is 0 Å². The molecule has 1 aliphatic rings. The molecule has 0 bridgehead atoms. The lowest BCUT2D eigenvalue weighted by atomic mass is 10.4. The Kier molecular flexibility index (Phi) is 2.45. The van der Waals surface area contributed by atoms with Gasteiger partial charge in [0.2, 0.25) is 0 Å². The number of carbonyl (C=O) groups excluding carboxylic acids is 1. The van der Waals surface area contributed by atoms with Crippen LogP contribution in [0.1, 0.15) is 12.8 Å². The highest BCUT2D eigenvalue weighted by atomic mass is 127. The van der Waals surface area contributed by atoms with Crippen molar-refractivity contribution in [3.63, 3.8) is 0 Å². The van der Waals surface area contributed by atoms with Crippen molar-refractivity contribution in [3.8, 4) is 0 Å². The van der Waals surface area contributed by atoms with Gasteiger partial charge in [0.05, 0.1) is 12.8 Å². The summed E-state index contributed by atoms with van der Waals surface area (Å²) in [6, 6.07) is 0. The van der Waals surface area contributed by atoms with Gasteiger partial charge in [0.15, 0.2) is 23.0 Å². The molecule has 0 saturated carbocycles. The van der Waals surface area contributed by atoms with Crippen LogP contribution in [0.15, 0.2) is 0 Å². The molecule has 0 fully saturated rings. The molecule has 1 rings (SSSR count). The molecule has 1 aliphatic heterocycles. The summed E-state index contributed by atoms with van der Waals surface area (Å²) >= 11 is 4.80. The molecular weight excluding hydrogens is 301 g/mol. The summed E-state index contributed by atoms with van der Waals surface area (Å²) in [5.74, 6) is 0.738. The zero-order valence-electron chi connectivity index (χ0n) is 4.43. The molecule has 0 N–H and O–H groups in total. The van der Waals surface area contributed by atoms with Gasteiger partial charge in [-0.1, -0.05) is 3.60 Å². The minimum Gasteiger partial charge on any atom is -0.376 e. The van der Waals surface area contributed by atoms with Crippen LogP contribution in [-0.4, -0.2) is 15.4 Å². The van der Waals surface area contributed by atoms with Gasteiger partial charge in [-0.2, -0.15) is 0 Å². The number of amides is 1. The van der Waals surface area contributed by atoms with E-state index in [1.165, 1.54) is 3.60 Å². The fourth-order valence-electron chi connectivity index (χ4n) is 0.618. The van der Waals surface area contributed by atoms with Crippen LogP contribution in [0.4, 0.5) is 0 Å². The first-order valence-electron chi connectivity index (χ1n) is 2.39. The summed E-state index contributed by atoms with van der Waals surface area (Å²) in [5.41, 5.74) is 0. The van der Waals surface area contributed by atoms with Gasteiger partial charge in [-0.15, -0.1) is 0 Å². The predicted octanol–water partition coefficient (Wildman–Crippen LogP) is 1.39. The fourth-order valence-corrected chi connectivity index (χ4v) is 1.73. The van der Waals surface area contributed by atoms with Crippen molar-refractivity contribution < 1.29 is 11.5 Å². The minimum atomic E-state index is 0.0571. The number of halogens is 2. The lowest BCUT2D eigenvalue weighted by Crippen LogP contribution is -2.07. The Morgan fingerprint density at radius 1 is 1.67 bits per heavy atom. The third-order valence-corrected chi connectivity index (χ3v) is 2.38. The topological polar surface area (TPSA) is 29.3 Å². The van der Waals surface area contributed by atoms with Crippen LogP contribution in [-0.2, 0) is 7.86 Å². The van der Waals surface area contributed by atoms with Crippen LogP contribution in [0, 0.1) is 0 Å². The maximum absolute atomic E-state index is 10.7. The predicted molar refractivity (Wildman–Crippen MR) is 43.5 cm³/mol. The summed E-state index contributed by atoms with van der Waals surface area (Å²) in [7, 11) is 0. The normalized spacial score (nSPS) is 19.1. The molecular formula is C4H4BrINO2+. The molecule has 0 atom stereocenters. The van der Waals surface area contributed by atoms with Gasteiger partial charge in [0.1, 0.15) is 0 Å². The van der Waals surface area contributed by atoms with E-state index >= 15 is 0 Å². The van der Waals surface area contributed by atoms with Gasteiger partial charge in [-0.3, -0.25) is 0 Å². The van der Waals surface area contributed by atoms with Crippen LogP contribution in [0.3, 0.4) is 0 Å². The Labute approximate surface area is 75.1 Å². The van der Waals surface area contributed by atoms with Gasteiger partial charge in [0.25, 0.3) is 0 Å². The second kappa shape index (κ2) is 2.96. The lowest BCUT2D eigenvalue weighted by Gasteiger charge is -1.83. The average molecular weight is 305 g/mol. The molecule has 0 aliphatic carbocycles. The quantitative estimate of drug-likeness (QED) is 0.500. The van der Waals surface area contributed by atoms with E-state index in [2.05, 4.69) is 16.1 Å². The maximum atomic E-state index is 10.7. The van der Waals surface area contributed by atoms with Gasteiger partial charge < -0.3 is 3.07 Å². The molecule has 0 radical (unpaired) electrons. The highest BCUT2D eigenvalue weighted by Crippen LogP contribution is 2.12. The van der Waals surface area contributed by atoms with Crippen molar-refractivity contribution in [3.05, 3.63) is 0 Å². The van der Waals surface area contributed by atoms with Gasteiger partial charge in [-0.05, 0) is 0 Å². The first-order valence-corrected chi connectivity index (χ1v) is 3.98. The first kappa shape index (κ1) is 7.46. The molecule has 0 aromatic carbocycles. The molecule has 1 amide bonds. The Bertz CT molecular complexity index is 179. The largest absolute Gasteiger partial charge is 0.401 e. The smallest absolute Gasteiger partial charge is 0.376 e. The summed E-state index contributed by atoms with van der Waals surface area (Å²) in [4.78, 5) is 10.7. The number of nitrogens with zero attached hydrogens (tertiary/aromatic N) is 1. The van der Waals surface area contributed by atoms with Gasteiger partial charge in [0, 0.05) is 0 Å². The monoisotopic (exact) mass is 304 g/mol. The summed E-state index contributed by atoms with van der Waals surface area (Å²) in [6.45, 7) is 0. The van der Waals surface area contributed by atoms with Crippen molar-refractivity contribution in [2.75, 3.05) is 0 Å². The zero-order chi connectivity index (χ0) is 6.85. The molecule has 0 saturated heterocycles.